The van der Waals surface area contributed by atoms with Crippen molar-refractivity contribution >= 4 is 51.4 Å². The fourth-order valence-corrected chi connectivity index (χ4v) is 5.39. The summed E-state index contributed by atoms with van der Waals surface area (Å²) in [5, 5.41) is 9.40. The average Bonchev–Trinajstić information content (AvgIpc) is 2.86. The molecule has 0 bridgehead atoms. The van der Waals surface area contributed by atoms with Gasteiger partial charge in [0.1, 0.15) is 6.61 Å². The molecule has 9 nitrogen and oxygen atoms in total. The van der Waals surface area contributed by atoms with E-state index in [0.717, 1.165) is 0 Å². The number of nitrogen functional groups attached to an aromatic ring is 1. The summed E-state index contributed by atoms with van der Waals surface area (Å²) in [6.45, 7) is 2.94. The monoisotopic (exact) mass is 580 g/mol. The smallest absolute Gasteiger partial charge is 0.166 e. The van der Waals surface area contributed by atoms with Crippen LogP contribution in [0.25, 0.3) is 0 Å². The molecule has 1 aliphatic rings. The quantitative estimate of drug-likeness (QED) is 0.286. The lowest BCUT2D eigenvalue weighted by Crippen LogP contribution is -2.68. The minimum Gasteiger partial charge on any atom is -0.493 e. The van der Waals surface area contributed by atoms with Crippen LogP contribution in [0, 0.1) is 11.2 Å². The van der Waals surface area contributed by atoms with Crippen LogP contribution in [0.1, 0.15) is 23.6 Å². The normalized spacial score (nSPS) is 15.2. The highest BCUT2D eigenvalue weighted by molar-refractivity contribution is 7.81. The maximum Gasteiger partial charge on any atom is 0.166 e. The maximum absolute atomic E-state index is 15.1. The molecule has 13 heteroatoms. The summed E-state index contributed by atoms with van der Waals surface area (Å²) in [5.41, 5.74) is 7.16. The molecule has 38 heavy (non-hydrogen) atoms. The molecule has 3 heterocycles. The van der Waals surface area contributed by atoms with E-state index in [1.165, 1.54) is 37.8 Å². The zero-order chi connectivity index (χ0) is 27.8. The molecular formula is C25H27Cl2FN6O3S. The number of nitrogens with two attached hydrogens (primary N) is 1. The Hall–Kier alpha value is -2.99. The van der Waals surface area contributed by atoms with Gasteiger partial charge < -0.3 is 20.1 Å². The molecule has 1 aliphatic heterocycles. The molecule has 0 spiro atoms. The number of halogens is 3. The molecular weight excluding hydrogens is 554 g/mol. The highest BCUT2D eigenvalue weighted by Crippen LogP contribution is 2.36. The van der Waals surface area contributed by atoms with Crippen LogP contribution in [0.15, 0.2) is 36.8 Å². The van der Waals surface area contributed by atoms with Gasteiger partial charge in [-0.05, 0) is 19.1 Å². The second-order valence-electron chi connectivity index (χ2n) is 9.14. The number of pyridine rings is 2. The van der Waals surface area contributed by atoms with E-state index in [1.54, 1.807) is 28.6 Å². The number of benzene rings is 1. The molecule has 0 radical (unpaired) electrons. The van der Waals surface area contributed by atoms with Crippen LogP contribution in [0.2, 0.25) is 10.0 Å². The Morgan fingerprint density at radius 2 is 1.89 bits per heavy atom. The Bertz CT molecular complexity index is 1400. The third-order valence-corrected chi connectivity index (χ3v) is 8.41. The minimum atomic E-state index is -1.14. The number of ether oxygens (including phenoxy) is 2. The van der Waals surface area contributed by atoms with Crippen molar-refractivity contribution in [2.45, 2.75) is 19.1 Å². The molecule has 4 rings (SSSR count). The van der Waals surface area contributed by atoms with Crippen molar-refractivity contribution in [1.82, 2.24) is 14.3 Å². The lowest BCUT2D eigenvalue weighted by atomic mass is 9.92. The Morgan fingerprint density at radius 1 is 1.24 bits per heavy atom. The van der Waals surface area contributed by atoms with Gasteiger partial charge in [-0.25, -0.2) is 17.9 Å². The predicted octanol–water partition coefficient (Wildman–Crippen LogP) is 4.31. The SMILES string of the molecule is COc1cc(N)c(C(=N)c2cnc(N3CC(C)(N(C)S(C)=O)C3)c(F)c2)cc1OCc1c(Cl)cncc1Cl. The Kier molecular flexibility index (Phi) is 8.12. The van der Waals surface area contributed by atoms with Crippen molar-refractivity contribution in [2.24, 2.45) is 0 Å². The van der Waals surface area contributed by atoms with Gasteiger partial charge in [0.25, 0.3) is 0 Å². The van der Waals surface area contributed by atoms with Gasteiger partial charge in [0.15, 0.2) is 23.1 Å². The zero-order valence-electron chi connectivity index (χ0n) is 21.2. The number of anilines is 2. The third kappa shape index (κ3) is 5.42. The molecule has 2 aromatic heterocycles. The van der Waals surface area contributed by atoms with E-state index in [0.29, 0.717) is 45.8 Å². The van der Waals surface area contributed by atoms with Crippen LogP contribution in [0.3, 0.4) is 0 Å². The van der Waals surface area contributed by atoms with Crippen LogP contribution in [-0.4, -0.2) is 63.2 Å². The van der Waals surface area contributed by atoms with Gasteiger partial charge in [0.05, 0.1) is 39.4 Å². The van der Waals surface area contributed by atoms with Crippen molar-refractivity contribution in [3.63, 3.8) is 0 Å². The van der Waals surface area contributed by atoms with Gasteiger partial charge in [-0.3, -0.25) is 10.4 Å². The number of nitrogens with one attached hydrogen (secondary N) is 1. The van der Waals surface area contributed by atoms with Gasteiger partial charge in [-0.2, -0.15) is 0 Å². The molecule has 1 atom stereocenters. The number of hydrogen-bond acceptors (Lipinski definition) is 8. The predicted molar refractivity (Wildman–Crippen MR) is 149 cm³/mol. The summed E-state index contributed by atoms with van der Waals surface area (Å²) in [4.78, 5) is 9.98. The summed E-state index contributed by atoms with van der Waals surface area (Å²) in [6.07, 6.45) is 5.96. The van der Waals surface area contributed by atoms with Crippen molar-refractivity contribution in [1.29, 1.82) is 5.41 Å². The molecule has 0 amide bonds. The summed E-state index contributed by atoms with van der Waals surface area (Å²) in [6, 6.07) is 4.33. The van der Waals surface area contributed by atoms with Crippen LogP contribution < -0.4 is 20.1 Å². The van der Waals surface area contributed by atoms with E-state index in [-0.39, 0.29) is 34.9 Å². The van der Waals surface area contributed by atoms with Crippen molar-refractivity contribution < 1.29 is 18.1 Å². The van der Waals surface area contributed by atoms with E-state index >= 15 is 4.39 Å². The molecule has 0 saturated carbocycles. The first kappa shape index (κ1) is 28.0. The van der Waals surface area contributed by atoms with Gasteiger partial charge in [-0.15, -0.1) is 0 Å². The second kappa shape index (κ2) is 11.0. The molecule has 1 saturated heterocycles. The van der Waals surface area contributed by atoms with E-state index in [1.807, 2.05) is 6.92 Å². The summed E-state index contributed by atoms with van der Waals surface area (Å²) in [7, 11) is 2.10. The summed E-state index contributed by atoms with van der Waals surface area (Å²) >= 11 is 12.4. The lowest BCUT2D eigenvalue weighted by Gasteiger charge is -2.52. The topological polar surface area (TPSA) is 118 Å². The van der Waals surface area contributed by atoms with Gasteiger partial charge >= 0.3 is 0 Å². The number of rotatable bonds is 9. The lowest BCUT2D eigenvalue weighted by molar-refractivity contribution is 0.195. The first-order chi connectivity index (χ1) is 17.9. The van der Waals surface area contributed by atoms with Crippen LogP contribution in [-0.2, 0) is 17.6 Å². The van der Waals surface area contributed by atoms with Crippen LogP contribution >= 0.6 is 23.2 Å². The minimum absolute atomic E-state index is 0.0215. The molecule has 202 valence electrons. The second-order valence-corrected chi connectivity index (χ2v) is 11.3. The fourth-order valence-electron chi connectivity index (χ4n) is 4.18. The Balaban J connectivity index is 1.56. The van der Waals surface area contributed by atoms with Gasteiger partial charge in [0, 0.05) is 73.4 Å². The standard InChI is InChI=1S/C25H27Cl2FN6O3S/c1-25(33(2)38(4)35)12-34(13-25)24-19(28)5-14(8-32-24)23(30)15-6-22(21(36-3)7-20(15)29)37-11-16-17(26)9-31-10-18(16)27/h5-10,30H,11-13,29H2,1-4H3. The molecule has 1 unspecified atom stereocenters. The Labute approximate surface area is 232 Å². The van der Waals surface area contributed by atoms with E-state index in [2.05, 4.69) is 9.97 Å². The van der Waals surface area contributed by atoms with Crippen molar-refractivity contribution in [3.05, 3.63) is 69.3 Å². The molecule has 3 N–H and O–H groups in total. The van der Waals surface area contributed by atoms with Crippen molar-refractivity contribution in [2.75, 3.05) is 44.1 Å². The van der Waals surface area contributed by atoms with Gasteiger partial charge in [0.2, 0.25) is 0 Å². The Morgan fingerprint density at radius 3 is 2.47 bits per heavy atom. The number of methoxy groups -OCH3 is 1. The highest BCUT2D eigenvalue weighted by atomic mass is 35.5. The summed E-state index contributed by atoms with van der Waals surface area (Å²) < 4.78 is 40.0. The largest absolute Gasteiger partial charge is 0.493 e. The van der Waals surface area contributed by atoms with E-state index in [9.17, 15) is 4.21 Å². The van der Waals surface area contributed by atoms with E-state index in [4.69, 9.17) is 43.8 Å². The van der Waals surface area contributed by atoms with Crippen molar-refractivity contribution in [3.8, 4) is 11.5 Å². The summed E-state index contributed by atoms with van der Waals surface area (Å²) in [5.74, 6) is 0.249. The van der Waals surface area contributed by atoms with E-state index < -0.39 is 16.8 Å². The highest BCUT2D eigenvalue weighted by Gasteiger charge is 2.45. The number of nitrogens with zero attached hydrogens (tertiary/aromatic N) is 4. The van der Waals surface area contributed by atoms with Crippen LogP contribution in [0.4, 0.5) is 15.9 Å². The molecule has 0 aliphatic carbocycles. The molecule has 3 aromatic rings. The molecule has 1 fully saturated rings. The average molecular weight is 582 g/mol. The molecule has 1 aromatic carbocycles. The fraction of sp³-hybridized carbons (Fsp3) is 0.320. The zero-order valence-corrected chi connectivity index (χ0v) is 23.5. The third-order valence-electron chi connectivity index (χ3n) is 6.55. The first-order valence-corrected chi connectivity index (χ1v) is 13.7. The maximum atomic E-state index is 15.1. The first-order valence-electron chi connectivity index (χ1n) is 11.4. The number of likely N-dealkylation sites (N-methyl/N-ethyl adjacent to an activating group) is 1. The number of hydrogen-bond donors (Lipinski definition) is 2. The van der Waals surface area contributed by atoms with Crippen LogP contribution in [0.5, 0.6) is 11.5 Å². The number of aromatic nitrogens is 2. The van der Waals surface area contributed by atoms with Gasteiger partial charge in [-0.1, -0.05) is 23.2 Å².